The van der Waals surface area contributed by atoms with Crippen LogP contribution in [0, 0.1) is 0 Å². The van der Waals surface area contributed by atoms with Crippen molar-refractivity contribution in [2.45, 2.75) is 19.9 Å². The van der Waals surface area contributed by atoms with E-state index in [1.807, 2.05) is 13.0 Å². The van der Waals surface area contributed by atoms with E-state index in [0.717, 1.165) is 45.1 Å². The summed E-state index contributed by atoms with van der Waals surface area (Å²) in [6, 6.07) is 3.59. The summed E-state index contributed by atoms with van der Waals surface area (Å²) in [4.78, 5) is 25.4. The molecule has 1 amide bonds. The first-order valence-corrected chi connectivity index (χ1v) is 8.82. The monoisotopic (exact) mass is 343 g/mol. The summed E-state index contributed by atoms with van der Waals surface area (Å²) in [5.74, 6) is 0.757. The Morgan fingerprint density at radius 3 is 2.64 bits per heavy atom. The molecule has 1 fully saturated rings. The molecular weight excluding hydrogens is 318 g/mol. The van der Waals surface area contributed by atoms with Gasteiger partial charge in [0.1, 0.15) is 5.69 Å². The van der Waals surface area contributed by atoms with Gasteiger partial charge in [-0.2, -0.15) is 5.10 Å². The molecule has 2 aromatic heterocycles. The molecule has 0 unspecified atom stereocenters. The second-order valence-electron chi connectivity index (χ2n) is 6.02. The van der Waals surface area contributed by atoms with Crippen molar-refractivity contribution >= 4 is 11.9 Å². The highest BCUT2D eigenvalue weighted by atomic mass is 16.2. The summed E-state index contributed by atoms with van der Waals surface area (Å²) in [6.45, 7) is 8.20. The first kappa shape index (κ1) is 17.3. The number of nitrogens with zero attached hydrogens (tertiary/aromatic N) is 6. The number of nitrogens with one attached hydrogen (secondary N) is 1. The molecule has 1 saturated heterocycles. The standard InChI is InChI=1S/C17H25N7O/c1-2-24-15(5-9-21-24)16(25)18-8-4-10-22-11-13-23(14-12-22)17-19-6-3-7-20-17/h3,5-7,9H,2,4,8,10-14H2,1H3,(H,18,25). The Balaban J connectivity index is 1.34. The lowest BCUT2D eigenvalue weighted by molar-refractivity contribution is 0.0941. The van der Waals surface area contributed by atoms with Crippen molar-refractivity contribution in [1.29, 1.82) is 0 Å². The van der Waals surface area contributed by atoms with Gasteiger partial charge in [-0.15, -0.1) is 0 Å². The second-order valence-corrected chi connectivity index (χ2v) is 6.02. The number of carbonyl (C=O) groups is 1. The molecule has 1 N–H and O–H groups in total. The van der Waals surface area contributed by atoms with Gasteiger partial charge in [0.25, 0.3) is 5.91 Å². The normalized spacial score (nSPS) is 15.3. The zero-order valence-corrected chi connectivity index (χ0v) is 14.6. The fraction of sp³-hybridized carbons (Fsp3) is 0.529. The van der Waals surface area contributed by atoms with Crippen molar-refractivity contribution < 1.29 is 4.79 Å². The van der Waals surface area contributed by atoms with Gasteiger partial charge >= 0.3 is 0 Å². The van der Waals surface area contributed by atoms with Crippen LogP contribution in [0.1, 0.15) is 23.8 Å². The van der Waals surface area contributed by atoms with E-state index in [2.05, 4.69) is 30.2 Å². The molecule has 25 heavy (non-hydrogen) atoms. The van der Waals surface area contributed by atoms with Gasteiger partial charge in [-0.25, -0.2) is 9.97 Å². The van der Waals surface area contributed by atoms with E-state index in [4.69, 9.17) is 0 Å². The van der Waals surface area contributed by atoms with Crippen molar-refractivity contribution in [3.05, 3.63) is 36.4 Å². The molecule has 0 aromatic carbocycles. The number of hydrogen-bond acceptors (Lipinski definition) is 6. The van der Waals surface area contributed by atoms with Gasteiger partial charge in [0, 0.05) is 57.9 Å². The third-order valence-electron chi connectivity index (χ3n) is 4.39. The topological polar surface area (TPSA) is 79.2 Å². The van der Waals surface area contributed by atoms with E-state index in [1.54, 1.807) is 29.3 Å². The third kappa shape index (κ3) is 4.54. The highest BCUT2D eigenvalue weighted by Crippen LogP contribution is 2.09. The molecular formula is C17H25N7O. The molecule has 0 saturated carbocycles. The van der Waals surface area contributed by atoms with Crippen LogP contribution in [-0.2, 0) is 6.54 Å². The zero-order chi connectivity index (χ0) is 17.5. The molecule has 0 atom stereocenters. The fourth-order valence-electron chi connectivity index (χ4n) is 3.00. The van der Waals surface area contributed by atoms with E-state index in [-0.39, 0.29) is 5.91 Å². The number of carbonyl (C=O) groups excluding carboxylic acids is 1. The molecule has 0 aliphatic carbocycles. The molecule has 8 heteroatoms. The molecule has 0 spiro atoms. The third-order valence-corrected chi connectivity index (χ3v) is 4.39. The summed E-state index contributed by atoms with van der Waals surface area (Å²) < 4.78 is 1.71. The molecule has 0 bridgehead atoms. The van der Waals surface area contributed by atoms with Crippen molar-refractivity contribution in [3.63, 3.8) is 0 Å². The lowest BCUT2D eigenvalue weighted by Crippen LogP contribution is -2.47. The minimum Gasteiger partial charge on any atom is -0.351 e. The van der Waals surface area contributed by atoms with E-state index in [9.17, 15) is 4.79 Å². The van der Waals surface area contributed by atoms with Gasteiger partial charge in [-0.3, -0.25) is 14.4 Å². The maximum atomic E-state index is 12.1. The first-order valence-electron chi connectivity index (χ1n) is 8.82. The Kier molecular flexibility index (Phi) is 5.95. The highest BCUT2D eigenvalue weighted by molar-refractivity contribution is 5.92. The molecule has 1 aliphatic heterocycles. The molecule has 2 aromatic rings. The van der Waals surface area contributed by atoms with Crippen LogP contribution in [0.5, 0.6) is 0 Å². The summed E-state index contributed by atoms with van der Waals surface area (Å²) >= 11 is 0. The van der Waals surface area contributed by atoms with Crippen molar-refractivity contribution in [1.82, 2.24) is 30.0 Å². The first-order chi connectivity index (χ1) is 12.3. The zero-order valence-electron chi connectivity index (χ0n) is 14.6. The summed E-state index contributed by atoms with van der Waals surface area (Å²) in [7, 11) is 0. The van der Waals surface area contributed by atoms with Gasteiger partial charge in [0.2, 0.25) is 5.95 Å². The molecule has 0 radical (unpaired) electrons. The van der Waals surface area contributed by atoms with Crippen LogP contribution >= 0.6 is 0 Å². The molecule has 134 valence electrons. The van der Waals surface area contributed by atoms with Crippen LogP contribution < -0.4 is 10.2 Å². The smallest absolute Gasteiger partial charge is 0.269 e. The van der Waals surface area contributed by atoms with E-state index in [0.29, 0.717) is 18.8 Å². The second kappa shape index (κ2) is 8.57. The fourth-order valence-corrected chi connectivity index (χ4v) is 3.00. The van der Waals surface area contributed by atoms with Gasteiger partial charge in [0.15, 0.2) is 0 Å². The van der Waals surface area contributed by atoms with Crippen LogP contribution in [0.15, 0.2) is 30.7 Å². The average molecular weight is 343 g/mol. The minimum atomic E-state index is -0.0506. The van der Waals surface area contributed by atoms with E-state index in [1.165, 1.54) is 0 Å². The maximum Gasteiger partial charge on any atom is 0.269 e. The Bertz CT molecular complexity index is 665. The van der Waals surface area contributed by atoms with Crippen LogP contribution in [0.25, 0.3) is 0 Å². The minimum absolute atomic E-state index is 0.0506. The summed E-state index contributed by atoms with van der Waals surface area (Å²) in [5.41, 5.74) is 0.624. The number of anilines is 1. The van der Waals surface area contributed by atoms with Crippen LogP contribution in [-0.4, -0.2) is 69.8 Å². The Labute approximate surface area is 147 Å². The van der Waals surface area contributed by atoms with Crippen LogP contribution in [0.2, 0.25) is 0 Å². The average Bonchev–Trinajstić information content (AvgIpc) is 3.15. The van der Waals surface area contributed by atoms with Gasteiger partial charge < -0.3 is 10.2 Å². The predicted molar refractivity (Wildman–Crippen MR) is 95.5 cm³/mol. The Morgan fingerprint density at radius 2 is 1.92 bits per heavy atom. The summed E-state index contributed by atoms with van der Waals surface area (Å²) in [6.07, 6.45) is 6.16. The predicted octanol–water partition coefficient (Wildman–Crippen LogP) is 0.635. The van der Waals surface area contributed by atoms with Crippen LogP contribution in [0.3, 0.4) is 0 Å². The maximum absolute atomic E-state index is 12.1. The van der Waals surface area contributed by atoms with Gasteiger partial charge in [0.05, 0.1) is 0 Å². The van der Waals surface area contributed by atoms with Crippen molar-refractivity contribution in [2.24, 2.45) is 0 Å². The summed E-state index contributed by atoms with van der Waals surface area (Å²) in [5, 5.41) is 7.10. The number of aryl methyl sites for hydroxylation is 1. The number of aromatic nitrogens is 4. The molecule has 8 nitrogen and oxygen atoms in total. The Morgan fingerprint density at radius 1 is 1.16 bits per heavy atom. The number of amides is 1. The lowest BCUT2D eigenvalue weighted by atomic mass is 10.3. The van der Waals surface area contributed by atoms with E-state index < -0.39 is 0 Å². The van der Waals surface area contributed by atoms with Crippen LogP contribution in [0.4, 0.5) is 5.95 Å². The van der Waals surface area contributed by atoms with Crippen molar-refractivity contribution in [3.8, 4) is 0 Å². The number of rotatable bonds is 7. The molecule has 3 heterocycles. The van der Waals surface area contributed by atoms with Crippen molar-refractivity contribution in [2.75, 3.05) is 44.2 Å². The largest absolute Gasteiger partial charge is 0.351 e. The van der Waals surface area contributed by atoms with E-state index >= 15 is 0 Å². The highest BCUT2D eigenvalue weighted by Gasteiger charge is 2.18. The van der Waals surface area contributed by atoms with Gasteiger partial charge in [-0.05, 0) is 32.0 Å². The number of piperazine rings is 1. The SMILES string of the molecule is CCn1nccc1C(=O)NCCCN1CCN(c2ncccn2)CC1. The Hall–Kier alpha value is -2.48. The molecule has 1 aliphatic rings. The quantitative estimate of drug-likeness (QED) is 0.743. The van der Waals surface area contributed by atoms with Gasteiger partial charge in [-0.1, -0.05) is 0 Å². The molecule has 3 rings (SSSR count). The number of hydrogen-bond donors (Lipinski definition) is 1. The lowest BCUT2D eigenvalue weighted by Gasteiger charge is -2.34.